The van der Waals surface area contributed by atoms with Gasteiger partial charge >= 0.3 is 11.9 Å². The number of H-pyrrole nitrogens is 1. The molecule has 1 spiro atoms. The second-order valence-corrected chi connectivity index (χ2v) is 11.5. The van der Waals surface area contributed by atoms with Crippen molar-refractivity contribution in [2.24, 2.45) is 35.5 Å². The maximum absolute atomic E-state index is 13.8. The molecular formula is C29H40N2O10. The van der Waals surface area contributed by atoms with Crippen molar-refractivity contribution >= 4 is 11.9 Å². The molecule has 0 unspecified atom stereocenters. The summed E-state index contributed by atoms with van der Waals surface area (Å²) in [7, 11) is 4.51. The number of rotatable bonds is 9. The first-order chi connectivity index (χ1) is 19.7. The van der Waals surface area contributed by atoms with Crippen molar-refractivity contribution in [3.63, 3.8) is 0 Å². The minimum absolute atomic E-state index is 0.0113. The molecule has 2 aliphatic heterocycles. The molecule has 3 N–H and O–H groups in total. The van der Waals surface area contributed by atoms with Crippen LogP contribution in [0.2, 0.25) is 0 Å². The van der Waals surface area contributed by atoms with E-state index in [1.807, 2.05) is 32.1 Å². The van der Waals surface area contributed by atoms with Gasteiger partial charge < -0.3 is 38.6 Å². The molecule has 12 nitrogen and oxygen atoms in total. The van der Waals surface area contributed by atoms with Crippen molar-refractivity contribution in [2.75, 3.05) is 41.2 Å². The highest BCUT2D eigenvalue weighted by Crippen LogP contribution is 2.62. The van der Waals surface area contributed by atoms with Crippen LogP contribution in [-0.4, -0.2) is 110 Å². The van der Waals surface area contributed by atoms with Crippen LogP contribution in [0.5, 0.6) is 0 Å². The molecule has 12 atom stereocenters. The summed E-state index contributed by atoms with van der Waals surface area (Å²) >= 11 is 0. The lowest BCUT2D eigenvalue weighted by molar-refractivity contribution is -0.173. The molecule has 5 rings (SSSR count). The van der Waals surface area contributed by atoms with Crippen LogP contribution in [0.15, 0.2) is 36.1 Å². The van der Waals surface area contributed by atoms with Crippen molar-refractivity contribution in [3.8, 4) is 0 Å². The zero-order valence-electron chi connectivity index (χ0n) is 24.0. The molecule has 4 aliphatic rings. The van der Waals surface area contributed by atoms with E-state index >= 15 is 0 Å². The Kier molecular flexibility index (Phi) is 8.70. The molecule has 0 aromatic carbocycles. The van der Waals surface area contributed by atoms with Gasteiger partial charge in [0.15, 0.2) is 0 Å². The number of carbonyl (C=O) groups is 2. The average Bonchev–Trinajstić information content (AvgIpc) is 3.54. The first-order valence-corrected chi connectivity index (χ1v) is 14.0. The van der Waals surface area contributed by atoms with Gasteiger partial charge in [0, 0.05) is 57.1 Å². The average molecular weight is 577 g/mol. The number of aliphatic hydroxyl groups excluding tert-OH is 2. The van der Waals surface area contributed by atoms with Gasteiger partial charge in [-0.15, -0.1) is 0 Å². The van der Waals surface area contributed by atoms with E-state index in [4.69, 9.17) is 28.4 Å². The molecule has 0 radical (unpaired) electrons. The number of nitrogens with one attached hydrogen (secondary N) is 1. The summed E-state index contributed by atoms with van der Waals surface area (Å²) < 4.78 is 35.1. The highest BCUT2D eigenvalue weighted by atomic mass is 16.6. The normalized spacial score (nSPS) is 41.7. The number of hydrogen-bond acceptors (Lipinski definition) is 11. The number of carbonyl (C=O) groups excluding carboxylic acids is 2. The fraction of sp³-hybridized carbons (Fsp3) is 0.690. The second-order valence-electron chi connectivity index (χ2n) is 11.5. The highest BCUT2D eigenvalue weighted by Gasteiger charge is 2.71. The van der Waals surface area contributed by atoms with Gasteiger partial charge in [0.25, 0.3) is 0 Å². The molecule has 41 heavy (non-hydrogen) atoms. The maximum atomic E-state index is 13.8. The van der Waals surface area contributed by atoms with Gasteiger partial charge in [0.05, 0.1) is 31.8 Å². The van der Waals surface area contributed by atoms with Gasteiger partial charge in [0.1, 0.15) is 35.7 Å². The molecule has 3 heterocycles. The predicted molar refractivity (Wildman–Crippen MR) is 142 cm³/mol. The standard InChI is InChI=1S/C29H40N2O10/c1-14-10-15(2)29-19(17(11-36-3)27(34)39-24(14)21(32)13-38-5)7-6-16-22(29)23(33)18(12-37-4)25(26(16)41-29)40-28(35)20-8-9-30-31-20/h6-10,14,16-19,21-26,32-33H,11-13H2,1-5H3,(H,30,31)/b15-10+/t14-,16-,17-,18-,19-,21-,22+,23-,24+,25-,26-,29+/m1/s1. The monoisotopic (exact) mass is 576 g/mol. The fourth-order valence-electron chi connectivity index (χ4n) is 7.55. The molecular weight excluding hydrogens is 536 g/mol. The molecule has 12 heteroatoms. The number of esters is 2. The van der Waals surface area contributed by atoms with Crippen LogP contribution in [0.25, 0.3) is 0 Å². The minimum Gasteiger partial charge on any atom is -0.459 e. The highest BCUT2D eigenvalue weighted by molar-refractivity contribution is 5.87. The molecule has 2 aliphatic carbocycles. The fourth-order valence-corrected chi connectivity index (χ4v) is 7.55. The Morgan fingerprint density at radius 3 is 2.61 bits per heavy atom. The van der Waals surface area contributed by atoms with Crippen molar-refractivity contribution < 1.29 is 48.2 Å². The third-order valence-electron chi connectivity index (χ3n) is 9.23. The summed E-state index contributed by atoms with van der Waals surface area (Å²) in [6.07, 6.45) is 2.91. The lowest BCUT2D eigenvalue weighted by Crippen LogP contribution is -2.59. The van der Waals surface area contributed by atoms with Crippen LogP contribution in [0, 0.1) is 35.5 Å². The van der Waals surface area contributed by atoms with Gasteiger partial charge in [0.2, 0.25) is 0 Å². The van der Waals surface area contributed by atoms with Crippen LogP contribution < -0.4 is 0 Å². The summed E-state index contributed by atoms with van der Waals surface area (Å²) in [5.74, 6) is -4.30. The van der Waals surface area contributed by atoms with E-state index in [0.717, 1.165) is 5.57 Å². The quantitative estimate of drug-likeness (QED) is 0.283. The van der Waals surface area contributed by atoms with E-state index in [1.54, 1.807) is 0 Å². The minimum atomic E-state index is -1.14. The van der Waals surface area contributed by atoms with E-state index in [-0.39, 0.29) is 31.4 Å². The predicted octanol–water partition coefficient (Wildman–Crippen LogP) is 0.906. The summed E-state index contributed by atoms with van der Waals surface area (Å²) in [6, 6.07) is 1.51. The van der Waals surface area contributed by atoms with Crippen molar-refractivity contribution in [1.82, 2.24) is 10.2 Å². The molecule has 1 saturated heterocycles. The van der Waals surface area contributed by atoms with Crippen molar-refractivity contribution in [2.45, 2.75) is 50.0 Å². The zero-order valence-corrected chi connectivity index (χ0v) is 24.0. The van der Waals surface area contributed by atoms with Crippen LogP contribution in [-0.2, 0) is 33.2 Å². The smallest absolute Gasteiger partial charge is 0.356 e. The Morgan fingerprint density at radius 1 is 1.20 bits per heavy atom. The van der Waals surface area contributed by atoms with E-state index in [0.29, 0.717) is 0 Å². The van der Waals surface area contributed by atoms with Gasteiger partial charge in [-0.2, -0.15) is 5.10 Å². The molecule has 226 valence electrons. The number of aliphatic hydroxyl groups is 2. The topological polar surface area (TPSA) is 159 Å². The van der Waals surface area contributed by atoms with Crippen molar-refractivity contribution in [3.05, 3.63) is 41.8 Å². The Balaban J connectivity index is 1.61. The molecule has 0 amide bonds. The Bertz CT molecular complexity index is 1150. The summed E-state index contributed by atoms with van der Waals surface area (Å²) in [5, 5.41) is 29.3. The largest absolute Gasteiger partial charge is 0.459 e. The lowest BCUT2D eigenvalue weighted by Gasteiger charge is -2.49. The van der Waals surface area contributed by atoms with Crippen LogP contribution in [0.1, 0.15) is 24.3 Å². The number of aromatic amines is 1. The SMILES string of the molecule is COC[C@@H]1[C@@H](O)[C@@H]2[C@H]3C=C[C@@H]4[C@@H](COC)C(=O)O[C@H]([C@H](O)COC)[C@H](C)/C=C(\C)[C@@]24O[C@H]3[C@@H]1OC(=O)c1ccn[nH]1. The summed E-state index contributed by atoms with van der Waals surface area (Å²) in [4.78, 5) is 26.8. The van der Waals surface area contributed by atoms with E-state index in [9.17, 15) is 19.8 Å². The number of nitrogens with zero attached hydrogens (tertiary/aromatic N) is 1. The first kappa shape index (κ1) is 29.9. The Labute approximate surface area is 239 Å². The van der Waals surface area contributed by atoms with Crippen LogP contribution in [0.3, 0.4) is 0 Å². The van der Waals surface area contributed by atoms with Gasteiger partial charge in [-0.05, 0) is 18.6 Å². The molecule has 1 saturated carbocycles. The molecule has 4 bridgehead atoms. The van der Waals surface area contributed by atoms with Gasteiger partial charge in [-0.25, -0.2) is 4.79 Å². The van der Waals surface area contributed by atoms with Gasteiger partial charge in [-0.1, -0.05) is 25.2 Å². The second kappa shape index (κ2) is 11.9. The number of cyclic esters (lactones) is 1. The number of hydrogen-bond donors (Lipinski definition) is 3. The van der Waals surface area contributed by atoms with Crippen LogP contribution in [0.4, 0.5) is 0 Å². The maximum Gasteiger partial charge on any atom is 0.356 e. The van der Waals surface area contributed by atoms with E-state index < -0.39 is 77.6 Å². The Hall–Kier alpha value is -2.61. The first-order valence-electron chi connectivity index (χ1n) is 14.0. The third-order valence-corrected chi connectivity index (χ3v) is 9.23. The number of ether oxygens (including phenoxy) is 6. The summed E-state index contributed by atoms with van der Waals surface area (Å²) in [5.41, 5.74) is -0.162. The zero-order chi connectivity index (χ0) is 29.5. The molecule has 2 fully saturated rings. The van der Waals surface area contributed by atoms with Gasteiger partial charge in [-0.3, -0.25) is 9.89 Å². The lowest BCUT2D eigenvalue weighted by atomic mass is 9.56. The van der Waals surface area contributed by atoms with E-state index in [2.05, 4.69) is 10.2 Å². The van der Waals surface area contributed by atoms with E-state index in [1.165, 1.54) is 33.6 Å². The van der Waals surface area contributed by atoms with Crippen LogP contribution >= 0.6 is 0 Å². The number of methoxy groups -OCH3 is 3. The Morgan fingerprint density at radius 2 is 1.95 bits per heavy atom. The molecule has 1 aromatic heterocycles. The third kappa shape index (κ3) is 4.94. The van der Waals surface area contributed by atoms with Crippen molar-refractivity contribution in [1.29, 1.82) is 0 Å². The summed E-state index contributed by atoms with van der Waals surface area (Å²) in [6.45, 7) is 3.93. The molecule has 1 aromatic rings. The number of aromatic nitrogens is 2.